The second kappa shape index (κ2) is 10.9. The van der Waals surface area contributed by atoms with E-state index in [1.165, 1.54) is 41.0 Å². The van der Waals surface area contributed by atoms with E-state index in [-0.39, 0.29) is 39.8 Å². The molecule has 3 aromatic rings. The predicted molar refractivity (Wildman–Crippen MR) is 150 cm³/mol. The smallest absolute Gasteiger partial charge is 0.280 e. The van der Waals surface area contributed by atoms with Gasteiger partial charge in [-0.15, -0.1) is 0 Å². The van der Waals surface area contributed by atoms with Gasteiger partial charge in [-0.3, -0.25) is 14.4 Å². The maximum absolute atomic E-state index is 14.7. The molecule has 2 atom stereocenters. The topological polar surface area (TPSA) is 92.9 Å². The first-order valence-corrected chi connectivity index (χ1v) is 12.8. The van der Waals surface area contributed by atoms with Gasteiger partial charge in [0.15, 0.2) is 6.17 Å². The Morgan fingerprint density at radius 1 is 1.10 bits per heavy atom. The second-order valence-corrected chi connectivity index (χ2v) is 9.88. The summed E-state index contributed by atoms with van der Waals surface area (Å²) in [6, 6.07) is 13.6. The fourth-order valence-corrected chi connectivity index (χ4v) is 4.88. The Morgan fingerprint density at radius 3 is 2.60 bits per heavy atom. The van der Waals surface area contributed by atoms with Crippen molar-refractivity contribution in [2.24, 2.45) is 17.0 Å². The van der Waals surface area contributed by atoms with Crippen molar-refractivity contribution in [2.75, 3.05) is 6.54 Å². The minimum Gasteiger partial charge on any atom is -0.351 e. The second-order valence-electron chi connectivity index (χ2n) is 9.47. The van der Waals surface area contributed by atoms with Crippen LogP contribution in [0.3, 0.4) is 0 Å². The molecule has 2 aliphatic rings. The quantitative estimate of drug-likeness (QED) is 0.462. The van der Waals surface area contributed by atoms with Crippen LogP contribution in [0, 0.1) is 5.82 Å². The van der Waals surface area contributed by atoms with Crippen LogP contribution in [0.25, 0.3) is 11.1 Å². The average Bonchev–Trinajstić information content (AvgIpc) is 2.92. The minimum atomic E-state index is -1.60. The number of amides is 2. The van der Waals surface area contributed by atoms with Crippen molar-refractivity contribution in [3.8, 4) is 11.1 Å². The number of carbonyl (C=O) groups excluding carboxylic acids is 2. The third-order valence-corrected chi connectivity index (χ3v) is 7.07. The molecule has 0 bridgehead atoms. The molecule has 10 heteroatoms. The van der Waals surface area contributed by atoms with Gasteiger partial charge in [-0.25, -0.2) is 13.8 Å². The van der Waals surface area contributed by atoms with Crippen LogP contribution < -0.4 is 10.9 Å². The highest BCUT2D eigenvalue weighted by Gasteiger charge is 2.34. The number of halogens is 3. The van der Waals surface area contributed by atoms with E-state index in [2.05, 4.69) is 15.3 Å². The molecule has 7 nitrogen and oxygen atoms in total. The molecule has 1 unspecified atom stereocenters. The van der Waals surface area contributed by atoms with E-state index in [9.17, 15) is 23.2 Å². The summed E-state index contributed by atoms with van der Waals surface area (Å²) in [6.07, 6.45) is 2.88. The summed E-state index contributed by atoms with van der Waals surface area (Å²) in [5, 5.41) is 2.94. The number of benzene rings is 2. The number of fused-ring (bicyclic) bond motifs is 1. The number of pyridine rings is 1. The van der Waals surface area contributed by atoms with E-state index in [1.807, 2.05) is 0 Å². The summed E-state index contributed by atoms with van der Waals surface area (Å²) in [7, 11) is 1.64. The van der Waals surface area contributed by atoms with Crippen LogP contribution in [0.15, 0.2) is 98.9 Å². The lowest BCUT2D eigenvalue weighted by Crippen LogP contribution is -2.36. The van der Waals surface area contributed by atoms with Gasteiger partial charge in [-0.1, -0.05) is 35.9 Å². The lowest BCUT2D eigenvalue weighted by molar-refractivity contribution is -0.114. The predicted octanol–water partition coefficient (Wildman–Crippen LogP) is 4.96. The van der Waals surface area contributed by atoms with Gasteiger partial charge in [-0.05, 0) is 65.6 Å². The highest BCUT2D eigenvalue weighted by Crippen LogP contribution is 2.29. The number of aromatic nitrogens is 1. The lowest BCUT2D eigenvalue weighted by Gasteiger charge is -2.24. The van der Waals surface area contributed by atoms with Gasteiger partial charge in [0, 0.05) is 25.9 Å². The van der Waals surface area contributed by atoms with E-state index in [1.54, 1.807) is 50.5 Å². The molecule has 2 amide bonds. The molecule has 0 fully saturated rings. The van der Waals surface area contributed by atoms with Crippen molar-refractivity contribution in [2.45, 2.75) is 19.0 Å². The van der Waals surface area contributed by atoms with Crippen molar-refractivity contribution in [1.29, 1.82) is 0 Å². The molecule has 1 aliphatic carbocycles. The fraction of sp³-hybridized carbons (Fsp3) is 0.167. The molecule has 1 aliphatic heterocycles. The monoisotopic (exact) mass is 560 g/mol. The summed E-state index contributed by atoms with van der Waals surface area (Å²) in [6.45, 7) is 1.55. The van der Waals surface area contributed by atoms with Crippen molar-refractivity contribution >= 4 is 35.0 Å². The molecule has 202 valence electrons. The van der Waals surface area contributed by atoms with Gasteiger partial charge in [-0.2, -0.15) is 4.99 Å². The van der Waals surface area contributed by atoms with E-state index < -0.39 is 29.7 Å². The molecular formula is C30H23ClF2N4O3. The van der Waals surface area contributed by atoms with Crippen LogP contribution in [-0.4, -0.2) is 40.6 Å². The molecule has 0 spiro atoms. The summed E-state index contributed by atoms with van der Waals surface area (Å²) < 4.78 is 30.3. The standard InChI is InChI=1S/C30H23ClF2N4O3/c1-16-6-10-24(33)27-26(16)30(40)36-28(35-27)22(18-4-3-5-20(32)12-18)14-34-29(39)21-9-7-17(13-23(21)31)19-8-11-25(38)37(2)15-19/h3-13,15,22,24H,14H2,1-2H3,(H,34,39)/t22-,24?/m0/s1. The van der Waals surface area contributed by atoms with E-state index in [4.69, 9.17) is 11.6 Å². The number of hydrogen-bond acceptors (Lipinski definition) is 4. The summed E-state index contributed by atoms with van der Waals surface area (Å²) >= 11 is 6.45. The average molecular weight is 561 g/mol. The van der Waals surface area contributed by atoms with Gasteiger partial charge in [0.25, 0.3) is 11.8 Å². The summed E-state index contributed by atoms with van der Waals surface area (Å²) in [5.41, 5.74) is 2.48. The number of amidine groups is 1. The molecule has 1 aromatic heterocycles. The maximum Gasteiger partial charge on any atom is 0.280 e. The Bertz CT molecular complexity index is 1740. The summed E-state index contributed by atoms with van der Waals surface area (Å²) in [4.78, 5) is 46.2. The number of carbonyl (C=O) groups is 2. The Morgan fingerprint density at radius 2 is 1.88 bits per heavy atom. The number of alkyl halides is 1. The highest BCUT2D eigenvalue weighted by atomic mass is 35.5. The first kappa shape index (κ1) is 27.1. The number of nitrogens with zero attached hydrogens (tertiary/aromatic N) is 3. The molecule has 40 heavy (non-hydrogen) atoms. The lowest BCUT2D eigenvalue weighted by atomic mass is 9.91. The first-order chi connectivity index (χ1) is 19.1. The zero-order valence-electron chi connectivity index (χ0n) is 21.5. The molecule has 0 saturated heterocycles. The zero-order chi connectivity index (χ0) is 28.6. The Balaban J connectivity index is 1.42. The largest absolute Gasteiger partial charge is 0.351 e. The Labute approximate surface area is 233 Å². The van der Waals surface area contributed by atoms with Crippen molar-refractivity contribution < 1.29 is 18.4 Å². The number of aliphatic imine (C=N–C) groups is 2. The van der Waals surface area contributed by atoms with E-state index >= 15 is 0 Å². The van der Waals surface area contributed by atoms with Crippen LogP contribution in [0.2, 0.25) is 5.02 Å². The minimum absolute atomic E-state index is 0.0310. The van der Waals surface area contributed by atoms with Crippen LogP contribution in [0.1, 0.15) is 28.8 Å². The third kappa shape index (κ3) is 5.33. The maximum atomic E-state index is 14.7. The first-order valence-electron chi connectivity index (χ1n) is 12.4. The van der Waals surface area contributed by atoms with Crippen LogP contribution >= 0.6 is 11.6 Å². The Hall–Kier alpha value is -4.50. The van der Waals surface area contributed by atoms with Gasteiger partial charge >= 0.3 is 0 Å². The fourth-order valence-electron chi connectivity index (χ4n) is 4.62. The van der Waals surface area contributed by atoms with Crippen molar-refractivity contribution in [3.05, 3.63) is 116 Å². The number of nitrogens with one attached hydrogen (secondary N) is 1. The van der Waals surface area contributed by atoms with Crippen LogP contribution in [0.5, 0.6) is 0 Å². The summed E-state index contributed by atoms with van der Waals surface area (Å²) in [5.74, 6) is -2.57. The molecule has 5 rings (SSSR count). The van der Waals surface area contributed by atoms with E-state index in [0.717, 1.165) is 5.56 Å². The molecule has 1 N–H and O–H groups in total. The van der Waals surface area contributed by atoms with Gasteiger partial charge in [0.2, 0.25) is 5.56 Å². The molecule has 2 aromatic carbocycles. The van der Waals surface area contributed by atoms with Gasteiger partial charge < -0.3 is 9.88 Å². The zero-order valence-corrected chi connectivity index (χ0v) is 22.2. The van der Waals surface area contributed by atoms with Crippen LogP contribution in [-0.2, 0) is 11.8 Å². The normalized spacial score (nSPS) is 17.2. The molecule has 0 radical (unpaired) electrons. The molecule has 0 saturated carbocycles. The van der Waals surface area contributed by atoms with Gasteiger partial charge in [0.05, 0.1) is 27.8 Å². The third-order valence-electron chi connectivity index (χ3n) is 6.75. The number of allylic oxidation sites excluding steroid dienone is 3. The molecule has 2 heterocycles. The molecular weight excluding hydrogens is 538 g/mol. The number of aryl methyl sites for hydroxylation is 1. The highest BCUT2D eigenvalue weighted by molar-refractivity contribution is 6.34. The Kier molecular flexibility index (Phi) is 7.40. The number of rotatable bonds is 6. The van der Waals surface area contributed by atoms with Crippen molar-refractivity contribution in [1.82, 2.24) is 9.88 Å². The van der Waals surface area contributed by atoms with Crippen molar-refractivity contribution in [3.63, 3.8) is 0 Å². The SMILES string of the molecule is CC1=C2C(=O)N=C([C@@H](CNC(=O)c3ccc(-c4ccc(=O)n(C)c4)cc3Cl)c3cccc(F)c3)N=C2C(F)C=C1. The number of hydrogen-bond donors (Lipinski definition) is 1. The van der Waals surface area contributed by atoms with E-state index in [0.29, 0.717) is 16.7 Å². The van der Waals surface area contributed by atoms with Crippen LogP contribution in [0.4, 0.5) is 8.78 Å². The van der Waals surface area contributed by atoms with Gasteiger partial charge in [0.1, 0.15) is 11.7 Å².